The standard InChI is InChI=1S/C12H16N2O2/c1-9-2-4-10(5-3-9)14-11(8-13)6-7-16-12(14)15/h2-5,11H,6-8,13H2,1H3. The molecule has 0 bridgehead atoms. The van der Waals surface area contributed by atoms with Crippen LogP contribution in [0.2, 0.25) is 0 Å². The van der Waals surface area contributed by atoms with Crippen molar-refractivity contribution >= 4 is 11.8 Å². The van der Waals surface area contributed by atoms with E-state index in [1.807, 2.05) is 31.2 Å². The molecule has 1 saturated heterocycles. The van der Waals surface area contributed by atoms with E-state index in [9.17, 15) is 4.79 Å². The lowest BCUT2D eigenvalue weighted by Crippen LogP contribution is -2.49. The van der Waals surface area contributed by atoms with Crippen molar-refractivity contribution in [2.24, 2.45) is 5.73 Å². The third-order valence-corrected chi connectivity index (χ3v) is 2.82. The molecule has 16 heavy (non-hydrogen) atoms. The molecule has 1 heterocycles. The van der Waals surface area contributed by atoms with Crippen LogP contribution in [0, 0.1) is 6.92 Å². The Morgan fingerprint density at radius 3 is 2.75 bits per heavy atom. The fourth-order valence-electron chi connectivity index (χ4n) is 1.87. The van der Waals surface area contributed by atoms with E-state index < -0.39 is 0 Å². The lowest BCUT2D eigenvalue weighted by molar-refractivity contribution is 0.130. The average molecular weight is 220 g/mol. The number of nitrogens with zero attached hydrogens (tertiary/aromatic N) is 1. The molecule has 1 aliphatic rings. The highest BCUT2D eigenvalue weighted by atomic mass is 16.6. The van der Waals surface area contributed by atoms with Gasteiger partial charge in [0.2, 0.25) is 0 Å². The van der Waals surface area contributed by atoms with E-state index in [0.29, 0.717) is 13.2 Å². The van der Waals surface area contributed by atoms with Crippen molar-refractivity contribution in [1.82, 2.24) is 0 Å². The number of cyclic esters (lactones) is 1. The van der Waals surface area contributed by atoms with Gasteiger partial charge in [0.25, 0.3) is 0 Å². The van der Waals surface area contributed by atoms with Gasteiger partial charge in [0.05, 0.1) is 12.6 Å². The molecule has 1 unspecified atom stereocenters. The number of nitrogens with two attached hydrogens (primary N) is 1. The molecule has 1 atom stereocenters. The Balaban J connectivity index is 2.28. The summed E-state index contributed by atoms with van der Waals surface area (Å²) >= 11 is 0. The summed E-state index contributed by atoms with van der Waals surface area (Å²) in [6.45, 7) is 2.94. The maximum atomic E-state index is 11.7. The first-order chi connectivity index (χ1) is 7.72. The highest BCUT2D eigenvalue weighted by Gasteiger charge is 2.29. The summed E-state index contributed by atoms with van der Waals surface area (Å²) in [5, 5.41) is 0. The minimum Gasteiger partial charge on any atom is -0.449 e. The van der Waals surface area contributed by atoms with E-state index in [0.717, 1.165) is 12.1 Å². The van der Waals surface area contributed by atoms with Crippen molar-refractivity contribution in [3.05, 3.63) is 29.8 Å². The van der Waals surface area contributed by atoms with Crippen LogP contribution in [0.5, 0.6) is 0 Å². The van der Waals surface area contributed by atoms with Gasteiger partial charge < -0.3 is 10.5 Å². The molecule has 0 aliphatic carbocycles. The molecule has 2 rings (SSSR count). The average Bonchev–Trinajstić information content (AvgIpc) is 2.30. The number of anilines is 1. The van der Waals surface area contributed by atoms with E-state index in [1.54, 1.807) is 4.90 Å². The lowest BCUT2D eigenvalue weighted by Gasteiger charge is -2.34. The van der Waals surface area contributed by atoms with Crippen molar-refractivity contribution in [3.8, 4) is 0 Å². The van der Waals surface area contributed by atoms with E-state index in [-0.39, 0.29) is 12.1 Å². The van der Waals surface area contributed by atoms with Gasteiger partial charge in [-0.2, -0.15) is 0 Å². The molecule has 1 aromatic rings. The third-order valence-electron chi connectivity index (χ3n) is 2.82. The van der Waals surface area contributed by atoms with Crippen LogP contribution in [0.1, 0.15) is 12.0 Å². The number of ether oxygens (including phenoxy) is 1. The Kier molecular flexibility index (Phi) is 3.10. The molecule has 0 saturated carbocycles. The summed E-state index contributed by atoms with van der Waals surface area (Å²) in [5.74, 6) is 0. The molecule has 0 radical (unpaired) electrons. The summed E-state index contributed by atoms with van der Waals surface area (Å²) < 4.78 is 5.04. The highest BCUT2D eigenvalue weighted by Crippen LogP contribution is 2.23. The fourth-order valence-corrected chi connectivity index (χ4v) is 1.87. The Bertz CT molecular complexity index is 375. The van der Waals surface area contributed by atoms with Gasteiger partial charge >= 0.3 is 6.09 Å². The molecule has 4 nitrogen and oxygen atoms in total. The number of rotatable bonds is 2. The van der Waals surface area contributed by atoms with Crippen molar-refractivity contribution in [2.45, 2.75) is 19.4 Å². The Morgan fingerprint density at radius 2 is 2.12 bits per heavy atom. The van der Waals surface area contributed by atoms with E-state index >= 15 is 0 Å². The van der Waals surface area contributed by atoms with Crippen LogP contribution in [0.4, 0.5) is 10.5 Å². The second kappa shape index (κ2) is 4.53. The van der Waals surface area contributed by atoms with Gasteiger partial charge in [-0.3, -0.25) is 4.90 Å². The monoisotopic (exact) mass is 220 g/mol. The molecule has 1 fully saturated rings. The van der Waals surface area contributed by atoms with Crippen LogP contribution >= 0.6 is 0 Å². The fraction of sp³-hybridized carbons (Fsp3) is 0.417. The molecular weight excluding hydrogens is 204 g/mol. The Hall–Kier alpha value is -1.55. The van der Waals surface area contributed by atoms with Crippen LogP contribution in [0.25, 0.3) is 0 Å². The second-order valence-corrected chi connectivity index (χ2v) is 4.00. The van der Waals surface area contributed by atoms with E-state index in [2.05, 4.69) is 0 Å². The van der Waals surface area contributed by atoms with Gasteiger partial charge in [-0.05, 0) is 19.1 Å². The van der Waals surface area contributed by atoms with Crippen LogP contribution in [0.15, 0.2) is 24.3 Å². The number of benzene rings is 1. The molecular formula is C12H16N2O2. The zero-order chi connectivity index (χ0) is 11.5. The molecule has 1 aromatic carbocycles. The number of hydrogen-bond acceptors (Lipinski definition) is 3. The van der Waals surface area contributed by atoms with Crippen molar-refractivity contribution in [1.29, 1.82) is 0 Å². The summed E-state index contributed by atoms with van der Waals surface area (Å²) in [6.07, 6.45) is 0.487. The minimum atomic E-state index is -0.300. The van der Waals surface area contributed by atoms with Gasteiger partial charge in [0.1, 0.15) is 0 Å². The zero-order valence-corrected chi connectivity index (χ0v) is 9.35. The minimum absolute atomic E-state index is 0.0453. The molecule has 0 spiro atoms. The van der Waals surface area contributed by atoms with Crippen LogP contribution < -0.4 is 10.6 Å². The van der Waals surface area contributed by atoms with Crippen LogP contribution in [0.3, 0.4) is 0 Å². The topological polar surface area (TPSA) is 55.6 Å². The van der Waals surface area contributed by atoms with Gasteiger partial charge in [-0.15, -0.1) is 0 Å². The SMILES string of the molecule is Cc1ccc(N2C(=O)OCCC2CN)cc1. The predicted molar refractivity (Wildman–Crippen MR) is 62.5 cm³/mol. The number of carbonyl (C=O) groups excluding carboxylic acids is 1. The third kappa shape index (κ3) is 2.02. The summed E-state index contributed by atoms with van der Waals surface area (Å²) in [7, 11) is 0. The maximum absolute atomic E-state index is 11.7. The highest BCUT2D eigenvalue weighted by molar-refractivity contribution is 5.89. The van der Waals surface area contributed by atoms with Gasteiger partial charge in [0, 0.05) is 18.7 Å². The lowest BCUT2D eigenvalue weighted by atomic mass is 10.1. The summed E-state index contributed by atoms with van der Waals surface area (Å²) in [4.78, 5) is 13.3. The predicted octanol–water partition coefficient (Wildman–Crippen LogP) is 1.67. The van der Waals surface area contributed by atoms with Gasteiger partial charge in [0.15, 0.2) is 0 Å². The molecule has 4 heteroatoms. The first-order valence-corrected chi connectivity index (χ1v) is 5.45. The largest absolute Gasteiger partial charge is 0.449 e. The first-order valence-electron chi connectivity index (χ1n) is 5.45. The number of carbonyl (C=O) groups is 1. The van der Waals surface area contributed by atoms with Gasteiger partial charge in [-0.25, -0.2) is 4.79 Å². The van der Waals surface area contributed by atoms with Crippen LogP contribution in [-0.2, 0) is 4.74 Å². The molecule has 1 aliphatic heterocycles. The molecule has 86 valence electrons. The van der Waals surface area contributed by atoms with Gasteiger partial charge in [-0.1, -0.05) is 17.7 Å². The molecule has 0 aromatic heterocycles. The van der Waals surface area contributed by atoms with E-state index in [4.69, 9.17) is 10.5 Å². The quantitative estimate of drug-likeness (QED) is 0.824. The molecule has 1 amide bonds. The van der Waals surface area contributed by atoms with Crippen LogP contribution in [-0.4, -0.2) is 25.3 Å². The van der Waals surface area contributed by atoms with E-state index in [1.165, 1.54) is 5.56 Å². The summed E-state index contributed by atoms with van der Waals surface area (Å²) in [6, 6.07) is 7.84. The van der Waals surface area contributed by atoms with Crippen molar-refractivity contribution < 1.29 is 9.53 Å². The Labute approximate surface area is 95.0 Å². The zero-order valence-electron chi connectivity index (χ0n) is 9.35. The summed E-state index contributed by atoms with van der Waals surface area (Å²) in [5.41, 5.74) is 7.69. The number of amides is 1. The molecule has 2 N–H and O–H groups in total. The smallest absolute Gasteiger partial charge is 0.414 e. The Morgan fingerprint density at radius 1 is 1.44 bits per heavy atom. The van der Waals surface area contributed by atoms with Crippen molar-refractivity contribution in [2.75, 3.05) is 18.1 Å². The first kappa shape index (κ1) is 11.0. The normalized spacial score (nSPS) is 20.8. The van der Waals surface area contributed by atoms with Crippen molar-refractivity contribution in [3.63, 3.8) is 0 Å². The maximum Gasteiger partial charge on any atom is 0.414 e. The number of hydrogen-bond donors (Lipinski definition) is 1. The number of aryl methyl sites for hydroxylation is 1. The second-order valence-electron chi connectivity index (χ2n) is 4.00.